The molecule has 2 amide bonds. The summed E-state index contributed by atoms with van der Waals surface area (Å²) in [5, 5.41) is 5.18. The zero-order chi connectivity index (χ0) is 15.6. The molecule has 7 heteroatoms. The van der Waals surface area contributed by atoms with Gasteiger partial charge in [-0.15, -0.1) is 0 Å². The highest BCUT2D eigenvalue weighted by atomic mass is 19.4. The molecule has 1 aliphatic rings. The number of hydrogen-bond acceptors (Lipinski definition) is 2. The van der Waals surface area contributed by atoms with E-state index in [1.807, 2.05) is 0 Å². The van der Waals surface area contributed by atoms with Crippen molar-refractivity contribution in [1.29, 1.82) is 0 Å². The normalized spacial score (nSPS) is 20.0. The van der Waals surface area contributed by atoms with Gasteiger partial charge in [-0.25, -0.2) is 0 Å². The number of halogens is 3. The molecule has 1 heterocycles. The third-order valence-corrected chi connectivity index (χ3v) is 3.42. The monoisotopic (exact) mass is 300 g/mol. The number of rotatable bonds is 3. The van der Waals surface area contributed by atoms with Crippen LogP contribution in [-0.4, -0.2) is 18.4 Å². The number of carbonyl (C=O) groups is 2. The fraction of sp³-hybridized carbons (Fsp3) is 0.429. The minimum Gasteiger partial charge on any atom is -0.355 e. The molecule has 1 fully saturated rings. The maximum Gasteiger partial charge on any atom is 0.416 e. The van der Waals surface area contributed by atoms with Gasteiger partial charge < -0.3 is 10.6 Å². The van der Waals surface area contributed by atoms with E-state index in [0.29, 0.717) is 5.56 Å². The molecule has 21 heavy (non-hydrogen) atoms. The summed E-state index contributed by atoms with van der Waals surface area (Å²) in [7, 11) is 0. The molecule has 1 saturated heterocycles. The van der Waals surface area contributed by atoms with Crippen LogP contribution in [0.25, 0.3) is 0 Å². The summed E-state index contributed by atoms with van der Waals surface area (Å²) in [6.07, 6.45) is -4.30. The van der Waals surface area contributed by atoms with Crippen molar-refractivity contribution in [2.24, 2.45) is 5.92 Å². The lowest BCUT2D eigenvalue weighted by Crippen LogP contribution is -2.33. The van der Waals surface area contributed by atoms with E-state index in [1.54, 1.807) is 6.92 Å². The number of nitrogens with one attached hydrogen (secondary N) is 2. The smallest absolute Gasteiger partial charge is 0.355 e. The number of hydrogen-bond donors (Lipinski definition) is 2. The van der Waals surface area contributed by atoms with Gasteiger partial charge in [0, 0.05) is 13.0 Å². The number of alkyl halides is 3. The third kappa shape index (κ3) is 3.74. The maximum atomic E-state index is 12.6. The van der Waals surface area contributed by atoms with E-state index in [9.17, 15) is 22.8 Å². The van der Waals surface area contributed by atoms with Crippen molar-refractivity contribution in [3.05, 3.63) is 35.4 Å². The van der Waals surface area contributed by atoms with Crippen molar-refractivity contribution >= 4 is 11.8 Å². The van der Waals surface area contributed by atoms with E-state index in [-0.39, 0.29) is 24.8 Å². The molecule has 0 bridgehead atoms. The second-order valence-electron chi connectivity index (χ2n) is 5.06. The van der Waals surface area contributed by atoms with Crippen LogP contribution >= 0.6 is 0 Å². The summed E-state index contributed by atoms with van der Waals surface area (Å²) in [5.41, 5.74) is -0.380. The fourth-order valence-electron chi connectivity index (χ4n) is 2.19. The largest absolute Gasteiger partial charge is 0.416 e. The van der Waals surface area contributed by atoms with E-state index in [0.717, 1.165) is 12.1 Å². The summed E-state index contributed by atoms with van der Waals surface area (Å²) in [6, 6.07) is 4.27. The molecular formula is C14H15F3N2O2. The zero-order valence-corrected chi connectivity index (χ0v) is 11.3. The Labute approximate surface area is 119 Å². The Morgan fingerprint density at radius 1 is 1.43 bits per heavy atom. The molecule has 0 aromatic heterocycles. The molecule has 0 radical (unpaired) electrons. The van der Waals surface area contributed by atoms with Crippen LogP contribution < -0.4 is 10.6 Å². The van der Waals surface area contributed by atoms with Crippen LogP contribution in [0.2, 0.25) is 0 Å². The van der Waals surface area contributed by atoms with Crippen LogP contribution in [-0.2, 0) is 15.8 Å². The highest BCUT2D eigenvalue weighted by molar-refractivity contribution is 5.89. The second-order valence-corrected chi connectivity index (χ2v) is 5.06. The van der Waals surface area contributed by atoms with E-state index >= 15 is 0 Å². The third-order valence-electron chi connectivity index (χ3n) is 3.42. The summed E-state index contributed by atoms with van der Waals surface area (Å²) in [6.45, 7) is 1.87. The minimum absolute atomic E-state index is 0.112. The van der Waals surface area contributed by atoms with E-state index in [4.69, 9.17) is 0 Å². The van der Waals surface area contributed by atoms with Gasteiger partial charge in [0.1, 0.15) is 0 Å². The van der Waals surface area contributed by atoms with Crippen molar-refractivity contribution in [2.75, 3.05) is 6.54 Å². The molecule has 2 rings (SSSR count). The highest BCUT2D eigenvalue weighted by Gasteiger charge is 2.31. The van der Waals surface area contributed by atoms with Gasteiger partial charge in [0.15, 0.2) is 0 Å². The highest BCUT2D eigenvalue weighted by Crippen LogP contribution is 2.30. The first-order valence-electron chi connectivity index (χ1n) is 6.51. The van der Waals surface area contributed by atoms with Gasteiger partial charge in [0.2, 0.25) is 11.8 Å². The van der Waals surface area contributed by atoms with E-state index in [2.05, 4.69) is 10.6 Å². The lowest BCUT2D eigenvalue weighted by molar-refractivity contribution is -0.137. The first-order chi connectivity index (χ1) is 9.77. The van der Waals surface area contributed by atoms with E-state index in [1.165, 1.54) is 12.1 Å². The number of amides is 2. The Morgan fingerprint density at radius 3 is 2.71 bits per heavy atom. The lowest BCUT2D eigenvalue weighted by Gasteiger charge is -2.18. The molecular weight excluding hydrogens is 285 g/mol. The van der Waals surface area contributed by atoms with Crippen LogP contribution in [0.5, 0.6) is 0 Å². The van der Waals surface area contributed by atoms with Crippen molar-refractivity contribution in [3.8, 4) is 0 Å². The fourth-order valence-corrected chi connectivity index (χ4v) is 2.19. The van der Waals surface area contributed by atoms with Gasteiger partial charge >= 0.3 is 6.18 Å². The molecule has 2 N–H and O–H groups in total. The standard InChI is InChI=1S/C14H15F3N2O2/c1-8(19-13(21)10-6-12(20)18-7-10)9-3-2-4-11(5-9)14(15,16)17/h2-5,8,10H,6-7H2,1H3,(H,18,20)(H,19,21). The van der Waals surface area contributed by atoms with Gasteiger partial charge in [-0.3, -0.25) is 9.59 Å². The predicted octanol–water partition coefficient (Wildman–Crippen LogP) is 2.02. The second kappa shape index (κ2) is 5.75. The average Bonchev–Trinajstić information content (AvgIpc) is 2.84. The van der Waals surface area contributed by atoms with E-state index < -0.39 is 23.7 Å². The summed E-state index contributed by atoms with van der Waals surface area (Å²) >= 11 is 0. The predicted molar refractivity (Wildman–Crippen MR) is 69.1 cm³/mol. The quantitative estimate of drug-likeness (QED) is 0.897. The number of carbonyl (C=O) groups excluding carboxylic acids is 2. The van der Waals surface area contributed by atoms with Crippen molar-refractivity contribution in [3.63, 3.8) is 0 Å². The SMILES string of the molecule is CC(NC(=O)C1CNC(=O)C1)c1cccc(C(F)(F)F)c1. The molecule has 0 aliphatic carbocycles. The van der Waals surface area contributed by atoms with Gasteiger partial charge in [-0.1, -0.05) is 12.1 Å². The summed E-state index contributed by atoms with van der Waals surface area (Å²) in [4.78, 5) is 23.0. The maximum absolute atomic E-state index is 12.6. The molecule has 2 unspecified atom stereocenters. The first-order valence-corrected chi connectivity index (χ1v) is 6.51. The zero-order valence-electron chi connectivity index (χ0n) is 11.3. The molecule has 1 aromatic rings. The van der Waals surface area contributed by atoms with Crippen molar-refractivity contribution in [2.45, 2.75) is 25.6 Å². The number of benzene rings is 1. The Bertz CT molecular complexity index is 557. The lowest BCUT2D eigenvalue weighted by atomic mass is 10.0. The van der Waals surface area contributed by atoms with Crippen molar-refractivity contribution in [1.82, 2.24) is 10.6 Å². The van der Waals surface area contributed by atoms with Crippen LogP contribution in [0.4, 0.5) is 13.2 Å². The van der Waals surface area contributed by atoms with Gasteiger partial charge in [0.25, 0.3) is 0 Å². The average molecular weight is 300 g/mol. The molecule has 114 valence electrons. The van der Waals surface area contributed by atoms with Crippen LogP contribution in [0.3, 0.4) is 0 Å². The Balaban J connectivity index is 2.05. The Kier molecular flexibility index (Phi) is 4.20. The van der Waals surface area contributed by atoms with Crippen LogP contribution in [0.1, 0.15) is 30.5 Å². The summed E-state index contributed by atoms with van der Waals surface area (Å²) in [5.74, 6) is -0.995. The molecule has 1 aromatic carbocycles. The van der Waals surface area contributed by atoms with Gasteiger partial charge in [-0.2, -0.15) is 13.2 Å². The Hall–Kier alpha value is -2.05. The Morgan fingerprint density at radius 2 is 2.14 bits per heavy atom. The topological polar surface area (TPSA) is 58.2 Å². The van der Waals surface area contributed by atoms with Gasteiger partial charge in [0.05, 0.1) is 17.5 Å². The molecule has 0 saturated carbocycles. The first kappa shape index (κ1) is 15.3. The molecule has 1 aliphatic heterocycles. The van der Waals surface area contributed by atoms with Crippen LogP contribution in [0.15, 0.2) is 24.3 Å². The molecule has 4 nitrogen and oxygen atoms in total. The van der Waals surface area contributed by atoms with Crippen LogP contribution in [0, 0.1) is 5.92 Å². The molecule has 2 atom stereocenters. The minimum atomic E-state index is -4.42. The van der Waals surface area contributed by atoms with Crippen molar-refractivity contribution < 1.29 is 22.8 Å². The summed E-state index contributed by atoms with van der Waals surface area (Å²) < 4.78 is 37.9. The van der Waals surface area contributed by atoms with Gasteiger partial charge in [-0.05, 0) is 24.6 Å². The molecule has 0 spiro atoms.